The van der Waals surface area contributed by atoms with Gasteiger partial charge in [0.25, 0.3) is 0 Å². The molecule has 0 aromatic heterocycles. The van der Waals surface area contributed by atoms with Gasteiger partial charge in [-0.05, 0) is 50.5 Å². The molecule has 0 heterocycles. The third kappa shape index (κ3) is 6.75. The molecule has 0 saturated heterocycles. The minimum atomic E-state index is 0.573. The quantitative estimate of drug-likeness (QED) is 0.581. The first kappa shape index (κ1) is 16.0. The van der Waals surface area contributed by atoms with Gasteiger partial charge < -0.3 is 9.64 Å². The minimum Gasteiger partial charge on any atom is -0.378 e. The van der Waals surface area contributed by atoms with Crippen LogP contribution in [0.15, 0.2) is 0 Å². The average molecular weight is 255 g/mol. The maximum absolute atomic E-state index is 5.92. The molecular weight excluding hydrogens is 222 g/mol. The van der Waals surface area contributed by atoms with Crippen molar-refractivity contribution in [3.8, 4) is 0 Å². The zero-order chi connectivity index (χ0) is 13.5. The maximum atomic E-state index is 5.92. The molecule has 0 N–H and O–H groups in total. The zero-order valence-corrected chi connectivity index (χ0v) is 13.1. The van der Waals surface area contributed by atoms with E-state index in [-0.39, 0.29) is 0 Å². The van der Waals surface area contributed by atoms with E-state index in [2.05, 4.69) is 39.6 Å². The van der Waals surface area contributed by atoms with Gasteiger partial charge in [-0.15, -0.1) is 0 Å². The molecule has 1 aliphatic rings. The van der Waals surface area contributed by atoms with Crippen molar-refractivity contribution in [1.82, 2.24) is 4.90 Å². The molecule has 0 spiro atoms. The molecule has 1 aliphatic carbocycles. The van der Waals surface area contributed by atoms with Gasteiger partial charge in [0.15, 0.2) is 0 Å². The van der Waals surface area contributed by atoms with Crippen molar-refractivity contribution < 1.29 is 4.74 Å². The molecule has 18 heavy (non-hydrogen) atoms. The first-order chi connectivity index (χ1) is 8.47. The monoisotopic (exact) mass is 255 g/mol. The zero-order valence-electron chi connectivity index (χ0n) is 13.1. The fraction of sp³-hybridized carbons (Fsp3) is 1.00. The second-order valence-corrected chi connectivity index (χ2v) is 6.97. The number of nitrogens with zero attached hydrogens (tertiary/aromatic N) is 1. The largest absolute Gasteiger partial charge is 0.378 e. The SMILES string of the molecule is CC(C)CC1CC(OCCCN(C)CC(C)C)C1. The van der Waals surface area contributed by atoms with Crippen LogP contribution in [0.1, 0.15) is 53.4 Å². The summed E-state index contributed by atoms with van der Waals surface area (Å²) in [5, 5.41) is 0. The number of hydrogen-bond donors (Lipinski definition) is 0. The molecule has 2 heteroatoms. The number of rotatable bonds is 9. The van der Waals surface area contributed by atoms with Gasteiger partial charge in [0.05, 0.1) is 6.10 Å². The van der Waals surface area contributed by atoms with Crippen molar-refractivity contribution >= 4 is 0 Å². The fourth-order valence-electron chi connectivity index (χ4n) is 2.97. The summed E-state index contributed by atoms with van der Waals surface area (Å²) in [5.74, 6) is 2.55. The fourth-order valence-corrected chi connectivity index (χ4v) is 2.97. The van der Waals surface area contributed by atoms with Gasteiger partial charge >= 0.3 is 0 Å². The summed E-state index contributed by atoms with van der Waals surface area (Å²) in [6, 6.07) is 0. The molecule has 0 unspecified atom stereocenters. The van der Waals surface area contributed by atoms with E-state index in [1.54, 1.807) is 0 Å². The van der Waals surface area contributed by atoms with E-state index in [0.717, 1.165) is 24.4 Å². The Kier molecular flexibility index (Phi) is 7.25. The van der Waals surface area contributed by atoms with E-state index in [1.165, 1.54) is 38.8 Å². The summed E-state index contributed by atoms with van der Waals surface area (Å²) in [7, 11) is 2.21. The van der Waals surface area contributed by atoms with Crippen LogP contribution in [0, 0.1) is 17.8 Å². The van der Waals surface area contributed by atoms with Crippen LogP contribution in [-0.4, -0.2) is 37.7 Å². The maximum Gasteiger partial charge on any atom is 0.0580 e. The predicted octanol–water partition coefficient (Wildman–Crippen LogP) is 3.81. The molecule has 0 bridgehead atoms. The molecule has 1 saturated carbocycles. The number of hydrogen-bond acceptors (Lipinski definition) is 2. The third-order valence-corrected chi connectivity index (χ3v) is 3.71. The van der Waals surface area contributed by atoms with Gasteiger partial charge in [0, 0.05) is 19.7 Å². The summed E-state index contributed by atoms with van der Waals surface area (Å²) in [4.78, 5) is 2.41. The van der Waals surface area contributed by atoms with Crippen LogP contribution in [0.25, 0.3) is 0 Å². The Bertz CT molecular complexity index is 209. The Morgan fingerprint density at radius 2 is 1.78 bits per heavy atom. The molecule has 0 atom stereocenters. The van der Waals surface area contributed by atoms with Gasteiger partial charge in [0.1, 0.15) is 0 Å². The Morgan fingerprint density at radius 1 is 1.11 bits per heavy atom. The van der Waals surface area contributed by atoms with E-state index in [0.29, 0.717) is 6.10 Å². The average Bonchev–Trinajstić information content (AvgIpc) is 2.18. The molecule has 0 aromatic rings. The Balaban J connectivity index is 1.91. The van der Waals surface area contributed by atoms with Gasteiger partial charge in [0.2, 0.25) is 0 Å². The summed E-state index contributed by atoms with van der Waals surface area (Å²) < 4.78 is 5.92. The van der Waals surface area contributed by atoms with Crippen LogP contribution < -0.4 is 0 Å². The minimum absolute atomic E-state index is 0.573. The smallest absolute Gasteiger partial charge is 0.0580 e. The lowest BCUT2D eigenvalue weighted by Crippen LogP contribution is -2.33. The van der Waals surface area contributed by atoms with Crippen molar-refractivity contribution in [2.45, 2.75) is 59.5 Å². The highest BCUT2D eigenvalue weighted by molar-refractivity contribution is 4.80. The lowest BCUT2D eigenvalue weighted by Gasteiger charge is -2.36. The van der Waals surface area contributed by atoms with Crippen LogP contribution in [-0.2, 0) is 4.74 Å². The first-order valence-corrected chi connectivity index (χ1v) is 7.77. The molecule has 0 aromatic carbocycles. The topological polar surface area (TPSA) is 12.5 Å². The van der Waals surface area contributed by atoms with Crippen molar-refractivity contribution in [1.29, 1.82) is 0 Å². The van der Waals surface area contributed by atoms with E-state index < -0.39 is 0 Å². The molecule has 2 nitrogen and oxygen atoms in total. The van der Waals surface area contributed by atoms with Crippen LogP contribution >= 0.6 is 0 Å². The van der Waals surface area contributed by atoms with Gasteiger partial charge in [-0.1, -0.05) is 27.7 Å². The Labute approximate surface area is 114 Å². The second kappa shape index (κ2) is 8.16. The highest BCUT2D eigenvalue weighted by Gasteiger charge is 2.29. The van der Waals surface area contributed by atoms with E-state index in [4.69, 9.17) is 4.74 Å². The van der Waals surface area contributed by atoms with Crippen molar-refractivity contribution in [3.63, 3.8) is 0 Å². The summed E-state index contributed by atoms with van der Waals surface area (Å²) in [6.07, 6.45) is 5.75. The van der Waals surface area contributed by atoms with Gasteiger partial charge in [-0.3, -0.25) is 0 Å². The Morgan fingerprint density at radius 3 is 2.33 bits per heavy atom. The molecule has 1 rings (SSSR count). The normalized spacial score (nSPS) is 24.0. The summed E-state index contributed by atoms with van der Waals surface area (Å²) in [5.41, 5.74) is 0. The van der Waals surface area contributed by atoms with E-state index in [1.807, 2.05) is 0 Å². The van der Waals surface area contributed by atoms with Crippen molar-refractivity contribution in [3.05, 3.63) is 0 Å². The predicted molar refractivity (Wildman–Crippen MR) is 78.9 cm³/mol. The lowest BCUT2D eigenvalue weighted by molar-refractivity contribution is -0.0376. The van der Waals surface area contributed by atoms with Crippen molar-refractivity contribution in [2.24, 2.45) is 17.8 Å². The molecule has 0 aliphatic heterocycles. The van der Waals surface area contributed by atoms with Crippen LogP contribution in [0.5, 0.6) is 0 Å². The van der Waals surface area contributed by atoms with Gasteiger partial charge in [-0.25, -0.2) is 0 Å². The molecule has 108 valence electrons. The standard InChI is InChI=1S/C16H33NO/c1-13(2)9-15-10-16(11-15)18-8-6-7-17(5)12-14(3)4/h13-16H,6-12H2,1-5H3. The van der Waals surface area contributed by atoms with Crippen LogP contribution in [0.3, 0.4) is 0 Å². The summed E-state index contributed by atoms with van der Waals surface area (Å²) in [6.45, 7) is 12.5. The van der Waals surface area contributed by atoms with E-state index in [9.17, 15) is 0 Å². The molecule has 1 fully saturated rings. The molecule has 0 amide bonds. The van der Waals surface area contributed by atoms with Crippen LogP contribution in [0.2, 0.25) is 0 Å². The Hall–Kier alpha value is -0.0800. The highest BCUT2D eigenvalue weighted by atomic mass is 16.5. The first-order valence-electron chi connectivity index (χ1n) is 7.77. The molecule has 0 radical (unpaired) electrons. The highest BCUT2D eigenvalue weighted by Crippen LogP contribution is 2.34. The second-order valence-electron chi connectivity index (χ2n) is 6.97. The number of ether oxygens (including phenoxy) is 1. The third-order valence-electron chi connectivity index (χ3n) is 3.71. The molecular formula is C16H33NO. The van der Waals surface area contributed by atoms with Gasteiger partial charge in [-0.2, -0.15) is 0 Å². The van der Waals surface area contributed by atoms with Crippen LogP contribution in [0.4, 0.5) is 0 Å². The lowest BCUT2D eigenvalue weighted by atomic mass is 9.77. The van der Waals surface area contributed by atoms with E-state index >= 15 is 0 Å². The summed E-state index contributed by atoms with van der Waals surface area (Å²) >= 11 is 0. The van der Waals surface area contributed by atoms with Crippen molar-refractivity contribution in [2.75, 3.05) is 26.7 Å².